The highest BCUT2D eigenvalue weighted by atomic mass is 35.5. The predicted octanol–water partition coefficient (Wildman–Crippen LogP) is 5.99. The van der Waals surface area contributed by atoms with Crippen molar-refractivity contribution in [3.63, 3.8) is 0 Å². The fourth-order valence-corrected chi connectivity index (χ4v) is 4.32. The number of methoxy groups -OCH3 is 1. The van der Waals surface area contributed by atoms with Crippen LogP contribution >= 0.6 is 11.6 Å². The number of carbonyl (C=O) groups is 2. The summed E-state index contributed by atoms with van der Waals surface area (Å²) in [6.45, 7) is 6.13. The molecule has 0 bridgehead atoms. The van der Waals surface area contributed by atoms with Gasteiger partial charge in [-0.25, -0.2) is 0 Å². The van der Waals surface area contributed by atoms with Gasteiger partial charge in [-0.1, -0.05) is 29.8 Å². The lowest BCUT2D eigenvalue weighted by molar-refractivity contribution is -0.132. The largest absolute Gasteiger partial charge is 0.507 e. The number of amides is 1. The maximum Gasteiger partial charge on any atom is 0.300 e. The maximum atomic E-state index is 13.3. The van der Waals surface area contributed by atoms with Crippen LogP contribution in [0.1, 0.15) is 35.2 Å². The number of hydrogen-bond acceptors (Lipinski definition) is 5. The molecule has 1 amide bonds. The van der Waals surface area contributed by atoms with Crippen LogP contribution in [0.15, 0.2) is 66.2 Å². The molecule has 1 heterocycles. The molecule has 4 rings (SSSR count). The van der Waals surface area contributed by atoms with E-state index in [9.17, 15) is 14.7 Å². The fourth-order valence-electron chi connectivity index (χ4n) is 4.15. The lowest BCUT2D eigenvalue weighted by atomic mass is 9.95. The molecule has 3 aromatic rings. The van der Waals surface area contributed by atoms with Gasteiger partial charge in [0.1, 0.15) is 17.3 Å². The van der Waals surface area contributed by atoms with Gasteiger partial charge in [0.05, 0.1) is 30.4 Å². The highest BCUT2D eigenvalue weighted by Gasteiger charge is 2.47. The Balaban J connectivity index is 1.93. The highest BCUT2D eigenvalue weighted by molar-refractivity contribution is 6.51. The highest BCUT2D eigenvalue weighted by Crippen LogP contribution is 2.43. The molecule has 1 N–H and O–H groups in total. The van der Waals surface area contributed by atoms with Crippen molar-refractivity contribution < 1.29 is 24.2 Å². The van der Waals surface area contributed by atoms with Gasteiger partial charge in [0.25, 0.3) is 11.7 Å². The summed E-state index contributed by atoms with van der Waals surface area (Å²) in [5.41, 5.74) is 3.59. The summed E-state index contributed by atoms with van der Waals surface area (Å²) in [4.78, 5) is 28.1. The normalized spacial score (nSPS) is 17.1. The van der Waals surface area contributed by atoms with E-state index in [4.69, 9.17) is 21.1 Å². The quantitative estimate of drug-likeness (QED) is 0.260. The van der Waals surface area contributed by atoms with Crippen molar-refractivity contribution in [2.24, 2.45) is 0 Å². The lowest BCUT2D eigenvalue weighted by Gasteiger charge is -2.26. The van der Waals surface area contributed by atoms with E-state index in [0.29, 0.717) is 39.9 Å². The van der Waals surface area contributed by atoms with Gasteiger partial charge in [-0.05, 0) is 79.9 Å². The topological polar surface area (TPSA) is 76.1 Å². The summed E-state index contributed by atoms with van der Waals surface area (Å²) in [5, 5.41) is 11.7. The number of aryl methyl sites for hydroxylation is 2. The Morgan fingerprint density at radius 2 is 1.71 bits per heavy atom. The Labute approximate surface area is 209 Å². The van der Waals surface area contributed by atoms with Gasteiger partial charge in [0, 0.05) is 11.3 Å². The molecule has 180 valence electrons. The van der Waals surface area contributed by atoms with E-state index in [1.807, 2.05) is 32.9 Å². The number of nitrogens with zero attached hydrogens (tertiary/aromatic N) is 1. The summed E-state index contributed by atoms with van der Waals surface area (Å²) >= 11 is 6.21. The van der Waals surface area contributed by atoms with E-state index in [0.717, 1.165) is 11.1 Å². The fraction of sp³-hybridized carbons (Fsp3) is 0.214. The third-order valence-corrected chi connectivity index (χ3v) is 6.46. The third kappa shape index (κ3) is 4.49. The first-order valence-electron chi connectivity index (χ1n) is 11.2. The van der Waals surface area contributed by atoms with Gasteiger partial charge in [0.2, 0.25) is 0 Å². The van der Waals surface area contributed by atoms with Gasteiger partial charge in [0.15, 0.2) is 0 Å². The Kier molecular flexibility index (Phi) is 6.85. The zero-order valence-corrected chi connectivity index (χ0v) is 20.7. The number of aliphatic hydroxyl groups is 1. The number of ketones is 1. The zero-order valence-electron chi connectivity index (χ0n) is 20.0. The number of carbonyl (C=O) groups excluding carboxylic acids is 2. The minimum Gasteiger partial charge on any atom is -0.507 e. The average Bonchev–Trinajstić information content (AvgIpc) is 3.12. The summed E-state index contributed by atoms with van der Waals surface area (Å²) in [7, 11) is 1.56. The summed E-state index contributed by atoms with van der Waals surface area (Å²) in [6.07, 6.45) is 0. The molecule has 0 spiro atoms. The van der Waals surface area contributed by atoms with E-state index in [1.54, 1.807) is 55.6 Å². The molecular formula is C28H26ClNO5. The van der Waals surface area contributed by atoms with Crippen molar-refractivity contribution in [2.45, 2.75) is 26.8 Å². The second kappa shape index (κ2) is 9.84. The number of Topliss-reactive ketones (excluding diaryl/α,β-unsaturated/α-hetero) is 1. The molecule has 1 fully saturated rings. The molecule has 7 heteroatoms. The van der Waals surface area contributed by atoms with E-state index >= 15 is 0 Å². The summed E-state index contributed by atoms with van der Waals surface area (Å²) in [6, 6.07) is 16.6. The second-order valence-corrected chi connectivity index (χ2v) is 8.70. The molecule has 35 heavy (non-hydrogen) atoms. The molecule has 0 saturated carbocycles. The van der Waals surface area contributed by atoms with Gasteiger partial charge >= 0.3 is 0 Å². The van der Waals surface area contributed by atoms with Crippen LogP contribution in [0.5, 0.6) is 11.5 Å². The van der Waals surface area contributed by atoms with Crippen molar-refractivity contribution in [3.8, 4) is 11.5 Å². The molecule has 1 aliphatic rings. The molecule has 1 aliphatic heterocycles. The number of benzene rings is 3. The van der Waals surface area contributed by atoms with Crippen LogP contribution in [0.2, 0.25) is 5.02 Å². The summed E-state index contributed by atoms with van der Waals surface area (Å²) < 4.78 is 10.8. The number of rotatable bonds is 6. The molecule has 1 unspecified atom stereocenters. The first kappa shape index (κ1) is 24.4. The van der Waals surface area contributed by atoms with Crippen LogP contribution in [0.4, 0.5) is 5.69 Å². The van der Waals surface area contributed by atoms with Gasteiger partial charge < -0.3 is 14.6 Å². The minimum atomic E-state index is -0.839. The van der Waals surface area contributed by atoms with Crippen LogP contribution in [-0.2, 0) is 9.59 Å². The molecular weight excluding hydrogens is 466 g/mol. The van der Waals surface area contributed by atoms with Crippen molar-refractivity contribution in [3.05, 3.63) is 93.5 Å². The van der Waals surface area contributed by atoms with Crippen LogP contribution in [0.25, 0.3) is 5.76 Å². The van der Waals surface area contributed by atoms with Crippen LogP contribution < -0.4 is 14.4 Å². The number of hydrogen-bond donors (Lipinski definition) is 1. The molecule has 0 aromatic heterocycles. The SMILES string of the molecule is CCOc1cc(/C(O)=C2\C(=O)C(=O)N(c3ccc(C)c(C)c3)C2c2ccc(OC)cc2)ccc1Cl. The Bertz CT molecular complexity index is 1330. The monoisotopic (exact) mass is 491 g/mol. The van der Waals surface area contributed by atoms with E-state index < -0.39 is 17.7 Å². The molecule has 3 aromatic carbocycles. The van der Waals surface area contributed by atoms with E-state index in [-0.39, 0.29) is 11.3 Å². The molecule has 1 saturated heterocycles. The third-order valence-electron chi connectivity index (χ3n) is 6.15. The van der Waals surface area contributed by atoms with Crippen molar-refractivity contribution >= 4 is 34.7 Å². The standard InChI is InChI=1S/C28H26ClNO5/c1-5-35-23-15-19(9-13-22(23)29)26(31)24-25(18-7-11-21(34-4)12-8-18)30(28(33)27(24)32)20-10-6-16(2)17(3)14-20/h6-15,25,31H,5H2,1-4H3/b26-24+. The van der Waals surface area contributed by atoms with Crippen LogP contribution in [-0.4, -0.2) is 30.5 Å². The number of anilines is 1. The van der Waals surface area contributed by atoms with Crippen molar-refractivity contribution in [1.29, 1.82) is 0 Å². The van der Waals surface area contributed by atoms with E-state index in [2.05, 4.69) is 0 Å². The Hall–Kier alpha value is -3.77. The Morgan fingerprint density at radius 3 is 2.34 bits per heavy atom. The number of aliphatic hydroxyl groups excluding tert-OH is 1. The first-order chi connectivity index (χ1) is 16.8. The molecule has 1 atom stereocenters. The van der Waals surface area contributed by atoms with Crippen molar-refractivity contribution in [1.82, 2.24) is 0 Å². The van der Waals surface area contributed by atoms with Crippen LogP contribution in [0, 0.1) is 13.8 Å². The zero-order chi connectivity index (χ0) is 25.3. The predicted molar refractivity (Wildman–Crippen MR) is 136 cm³/mol. The summed E-state index contributed by atoms with van der Waals surface area (Å²) in [5.74, 6) is -0.768. The Morgan fingerprint density at radius 1 is 1.00 bits per heavy atom. The molecule has 0 aliphatic carbocycles. The average molecular weight is 492 g/mol. The van der Waals surface area contributed by atoms with Crippen molar-refractivity contribution in [2.75, 3.05) is 18.6 Å². The maximum absolute atomic E-state index is 13.3. The first-order valence-corrected chi connectivity index (χ1v) is 11.6. The minimum absolute atomic E-state index is 0.0110. The molecule has 0 radical (unpaired) electrons. The smallest absolute Gasteiger partial charge is 0.300 e. The van der Waals surface area contributed by atoms with Gasteiger partial charge in [-0.3, -0.25) is 14.5 Å². The number of ether oxygens (including phenoxy) is 2. The second-order valence-electron chi connectivity index (χ2n) is 8.29. The number of halogens is 1. The van der Waals surface area contributed by atoms with Crippen LogP contribution in [0.3, 0.4) is 0 Å². The van der Waals surface area contributed by atoms with E-state index in [1.165, 1.54) is 4.90 Å². The lowest BCUT2D eigenvalue weighted by Crippen LogP contribution is -2.29. The molecule has 6 nitrogen and oxygen atoms in total. The van der Waals surface area contributed by atoms with Gasteiger partial charge in [-0.2, -0.15) is 0 Å². The van der Waals surface area contributed by atoms with Gasteiger partial charge in [-0.15, -0.1) is 0 Å².